The summed E-state index contributed by atoms with van der Waals surface area (Å²) in [5, 5.41) is 19.7. The van der Waals surface area contributed by atoms with Gasteiger partial charge in [0.05, 0.1) is 24.3 Å². The van der Waals surface area contributed by atoms with Gasteiger partial charge in [-0.15, -0.1) is 0 Å². The van der Waals surface area contributed by atoms with Crippen LogP contribution >= 0.6 is 11.6 Å². The van der Waals surface area contributed by atoms with Crippen molar-refractivity contribution in [3.8, 4) is 5.75 Å². The Balaban J connectivity index is 2.36. The van der Waals surface area contributed by atoms with E-state index >= 15 is 0 Å². The van der Waals surface area contributed by atoms with Gasteiger partial charge in [-0.05, 0) is 40.3 Å². The van der Waals surface area contributed by atoms with E-state index in [1.54, 1.807) is 18.2 Å². The highest BCUT2D eigenvalue weighted by atomic mass is 35.5. The molecule has 2 aromatic heterocycles. The number of hydrogen-bond acceptors (Lipinski definition) is 4. The van der Waals surface area contributed by atoms with Gasteiger partial charge in [-0.3, -0.25) is 9.20 Å². The first-order chi connectivity index (χ1) is 15.0. The quantitative estimate of drug-likeness (QED) is 0.563. The van der Waals surface area contributed by atoms with Gasteiger partial charge in [-0.1, -0.05) is 44.5 Å². The number of pyridine rings is 2. The van der Waals surface area contributed by atoms with Crippen molar-refractivity contribution in [1.82, 2.24) is 4.40 Å². The lowest BCUT2D eigenvalue weighted by molar-refractivity contribution is 0.0694. The Morgan fingerprint density at radius 1 is 1.28 bits per heavy atom. The molecule has 0 saturated carbocycles. The number of ether oxygens (including phenoxy) is 1. The second-order valence-corrected chi connectivity index (χ2v) is 9.16. The summed E-state index contributed by atoms with van der Waals surface area (Å²) in [6.45, 7) is 5.49. The van der Waals surface area contributed by atoms with Crippen LogP contribution in [0.2, 0.25) is 5.02 Å². The number of benzene rings is 1. The molecule has 0 saturated heterocycles. The molecule has 3 aromatic rings. The number of aromatic nitrogens is 1. The monoisotopic (exact) mass is 461 g/mol. The number of hydrogen-bond donors (Lipinski definition) is 2. The number of halogens is 2. The summed E-state index contributed by atoms with van der Waals surface area (Å²) in [4.78, 5) is 24.9. The molecule has 2 N–H and O–H groups in total. The van der Waals surface area contributed by atoms with Gasteiger partial charge in [0.2, 0.25) is 0 Å². The average Bonchev–Trinajstić information content (AvgIpc) is 2.71. The van der Waals surface area contributed by atoms with Crippen LogP contribution in [0.4, 0.5) is 4.39 Å². The number of methoxy groups -OCH3 is 1. The predicted octanol–water partition coefficient (Wildman–Crippen LogP) is 4.51. The highest BCUT2D eigenvalue weighted by Gasteiger charge is 2.30. The lowest BCUT2D eigenvalue weighted by atomic mass is 9.76. The van der Waals surface area contributed by atoms with Crippen LogP contribution in [-0.2, 0) is 6.42 Å². The number of carbonyl (C=O) groups is 1. The molecule has 0 aliphatic carbocycles. The van der Waals surface area contributed by atoms with E-state index in [9.17, 15) is 24.2 Å². The average molecular weight is 462 g/mol. The minimum absolute atomic E-state index is 0.0150. The Hall–Kier alpha value is -2.90. The maximum atomic E-state index is 14.4. The molecule has 0 unspecified atom stereocenters. The largest absolute Gasteiger partial charge is 0.495 e. The topological polar surface area (TPSA) is 88.2 Å². The number of nitrogens with zero attached hydrogens (tertiary/aromatic N) is 1. The van der Waals surface area contributed by atoms with E-state index in [0.29, 0.717) is 28.0 Å². The third-order valence-electron chi connectivity index (χ3n) is 5.59. The third-order valence-corrected chi connectivity index (χ3v) is 5.88. The number of carboxylic acid groups (broad SMARTS) is 1. The number of rotatable bonds is 6. The van der Waals surface area contributed by atoms with E-state index in [4.69, 9.17) is 16.3 Å². The first-order valence-electron chi connectivity index (χ1n) is 10.0. The molecule has 0 fully saturated rings. The van der Waals surface area contributed by atoms with Gasteiger partial charge >= 0.3 is 5.97 Å². The molecule has 32 heavy (non-hydrogen) atoms. The fourth-order valence-corrected chi connectivity index (χ4v) is 4.09. The van der Waals surface area contributed by atoms with E-state index in [1.165, 1.54) is 29.8 Å². The molecule has 6 nitrogen and oxygen atoms in total. The molecular formula is C24H25ClFNO5. The number of aliphatic hydroxyl groups is 1. The van der Waals surface area contributed by atoms with Gasteiger partial charge in [-0.25, -0.2) is 9.18 Å². The Morgan fingerprint density at radius 3 is 2.53 bits per heavy atom. The summed E-state index contributed by atoms with van der Waals surface area (Å²) in [5.41, 5.74) is 0.102. The molecule has 0 spiro atoms. The van der Waals surface area contributed by atoms with E-state index in [2.05, 4.69) is 0 Å². The molecule has 0 bridgehead atoms. The first-order valence-corrected chi connectivity index (χ1v) is 10.4. The van der Waals surface area contributed by atoms with Crippen LogP contribution < -0.4 is 10.3 Å². The Kier molecular flexibility index (Phi) is 6.62. The van der Waals surface area contributed by atoms with Crippen molar-refractivity contribution in [2.75, 3.05) is 13.7 Å². The van der Waals surface area contributed by atoms with Crippen molar-refractivity contribution < 1.29 is 24.1 Å². The maximum Gasteiger partial charge on any atom is 0.341 e. The minimum atomic E-state index is -1.37. The summed E-state index contributed by atoms with van der Waals surface area (Å²) in [6, 6.07) is 7.64. The summed E-state index contributed by atoms with van der Waals surface area (Å²) < 4.78 is 21.2. The molecule has 0 amide bonds. The molecule has 0 aliphatic heterocycles. The van der Waals surface area contributed by atoms with Crippen LogP contribution in [0.15, 0.2) is 41.3 Å². The fraction of sp³-hybridized carbons (Fsp3) is 0.333. The van der Waals surface area contributed by atoms with Gasteiger partial charge in [0.25, 0.3) is 5.56 Å². The zero-order valence-corrected chi connectivity index (χ0v) is 19.0. The lowest BCUT2D eigenvalue weighted by Crippen LogP contribution is -2.28. The van der Waals surface area contributed by atoms with Gasteiger partial charge in [0.1, 0.15) is 17.1 Å². The summed E-state index contributed by atoms with van der Waals surface area (Å²) in [5.74, 6) is -2.09. The van der Waals surface area contributed by atoms with Crippen LogP contribution in [-0.4, -0.2) is 34.3 Å². The van der Waals surface area contributed by atoms with Crippen molar-refractivity contribution in [2.45, 2.75) is 33.1 Å². The summed E-state index contributed by atoms with van der Waals surface area (Å²) in [7, 11) is 1.43. The SMILES string of the molecule is COc1cc(Cc2cccc(Cl)c2F)cn2c(=O)c(C(=O)O)cc([C@H](CO)C(C)(C)C)c12. The van der Waals surface area contributed by atoms with Crippen molar-refractivity contribution in [3.63, 3.8) is 0 Å². The summed E-state index contributed by atoms with van der Waals surface area (Å²) in [6.07, 6.45) is 1.59. The van der Waals surface area contributed by atoms with Crippen molar-refractivity contribution in [3.05, 3.63) is 80.0 Å². The van der Waals surface area contributed by atoms with Crippen molar-refractivity contribution in [2.24, 2.45) is 5.41 Å². The molecule has 2 heterocycles. The molecule has 170 valence electrons. The molecule has 3 rings (SSSR count). The molecule has 1 atom stereocenters. The van der Waals surface area contributed by atoms with Crippen LogP contribution in [0.25, 0.3) is 5.52 Å². The van der Waals surface area contributed by atoms with E-state index in [-0.39, 0.29) is 18.1 Å². The zero-order chi connectivity index (χ0) is 23.8. The van der Waals surface area contributed by atoms with Crippen molar-refractivity contribution >= 4 is 23.1 Å². The third kappa shape index (κ3) is 4.36. The van der Waals surface area contributed by atoms with Crippen LogP contribution in [0, 0.1) is 11.2 Å². The second kappa shape index (κ2) is 8.92. The van der Waals surface area contributed by atoms with E-state index in [0.717, 1.165) is 0 Å². The van der Waals surface area contributed by atoms with Crippen LogP contribution in [0.3, 0.4) is 0 Å². The zero-order valence-electron chi connectivity index (χ0n) is 18.3. The lowest BCUT2D eigenvalue weighted by Gasteiger charge is -2.31. The highest BCUT2D eigenvalue weighted by Crippen LogP contribution is 2.39. The molecule has 1 aromatic carbocycles. The number of fused-ring (bicyclic) bond motifs is 1. The second-order valence-electron chi connectivity index (χ2n) is 8.75. The highest BCUT2D eigenvalue weighted by molar-refractivity contribution is 6.30. The number of aromatic carboxylic acids is 1. The standard InChI is InChI=1S/C24H25ClFNO5/c1-24(2,3)17(12-28)15-10-16(23(30)31)22(29)27-11-13(9-19(32-4)21(15)27)8-14-6-5-7-18(25)20(14)26/h5-7,9-11,17,28H,8,12H2,1-4H3,(H,30,31)/t17-/m0/s1. The molecule has 0 radical (unpaired) electrons. The van der Waals surface area contributed by atoms with E-state index < -0.39 is 34.2 Å². The molecular weight excluding hydrogens is 437 g/mol. The van der Waals surface area contributed by atoms with Crippen LogP contribution in [0.5, 0.6) is 5.75 Å². The Morgan fingerprint density at radius 2 is 1.97 bits per heavy atom. The summed E-state index contributed by atoms with van der Waals surface area (Å²) >= 11 is 5.88. The van der Waals surface area contributed by atoms with E-state index in [1.807, 2.05) is 20.8 Å². The number of aliphatic hydroxyl groups excluding tert-OH is 1. The normalized spacial score (nSPS) is 12.7. The van der Waals surface area contributed by atoms with Gasteiger partial charge < -0.3 is 14.9 Å². The van der Waals surface area contributed by atoms with Gasteiger partial charge in [0, 0.05) is 18.5 Å². The van der Waals surface area contributed by atoms with Gasteiger partial charge in [0.15, 0.2) is 0 Å². The molecule has 0 aliphatic rings. The Bertz CT molecular complexity index is 1250. The maximum absolute atomic E-state index is 14.4. The smallest absolute Gasteiger partial charge is 0.341 e. The first kappa shape index (κ1) is 23.8. The molecule has 8 heteroatoms. The van der Waals surface area contributed by atoms with Gasteiger partial charge in [-0.2, -0.15) is 0 Å². The fourth-order valence-electron chi connectivity index (χ4n) is 3.89. The minimum Gasteiger partial charge on any atom is -0.495 e. The van der Waals surface area contributed by atoms with Crippen molar-refractivity contribution in [1.29, 1.82) is 0 Å². The number of carboxylic acids is 1. The Labute approximate surface area is 189 Å². The predicted molar refractivity (Wildman–Crippen MR) is 121 cm³/mol. The van der Waals surface area contributed by atoms with Crippen LogP contribution in [0.1, 0.15) is 53.7 Å².